The molecular weight excluding hydrogens is 314 g/mol. The molecule has 3 nitrogen and oxygen atoms in total. The van der Waals surface area contributed by atoms with Crippen molar-refractivity contribution in [3.05, 3.63) is 28.2 Å². The highest BCUT2D eigenvalue weighted by molar-refractivity contribution is 9.10. The molecule has 1 aromatic rings. The molecule has 2 N–H and O–H groups in total. The van der Waals surface area contributed by atoms with E-state index in [1.165, 1.54) is 10.5 Å². The zero-order chi connectivity index (χ0) is 13.4. The molecule has 1 aromatic carbocycles. The first kappa shape index (κ1) is 16.0. The Morgan fingerprint density at radius 1 is 1.50 bits per heavy atom. The first-order valence-corrected chi connectivity index (χ1v) is 7.60. The molecule has 0 spiro atoms. The summed E-state index contributed by atoms with van der Waals surface area (Å²) in [5.41, 5.74) is 1.23. The van der Waals surface area contributed by atoms with Gasteiger partial charge in [-0.25, -0.2) is 0 Å². The van der Waals surface area contributed by atoms with Crippen LogP contribution in [0.1, 0.15) is 12.5 Å². The monoisotopic (exact) mass is 333 g/mol. The van der Waals surface area contributed by atoms with Crippen molar-refractivity contribution in [1.82, 2.24) is 5.32 Å². The summed E-state index contributed by atoms with van der Waals surface area (Å²) in [7, 11) is 1.70. The Morgan fingerprint density at radius 3 is 2.89 bits per heavy atom. The van der Waals surface area contributed by atoms with Crippen LogP contribution >= 0.6 is 27.7 Å². The molecule has 102 valence electrons. The number of hydrogen-bond donors (Lipinski definition) is 2. The van der Waals surface area contributed by atoms with E-state index in [2.05, 4.69) is 39.4 Å². The molecule has 0 aliphatic rings. The predicted molar refractivity (Wildman–Crippen MR) is 80.1 cm³/mol. The van der Waals surface area contributed by atoms with E-state index >= 15 is 0 Å². The smallest absolute Gasteiger partial charge is 0.0587 e. The summed E-state index contributed by atoms with van der Waals surface area (Å²) in [5.74, 6) is 0. The lowest BCUT2D eigenvalue weighted by molar-refractivity contribution is 0.199. The third kappa shape index (κ3) is 5.71. The Hall–Kier alpha value is -0.0700. The molecule has 1 rings (SSSR count). The Balaban J connectivity index is 2.51. The molecule has 0 amide bonds. The molecule has 0 aromatic heterocycles. The van der Waals surface area contributed by atoms with Gasteiger partial charge in [0.25, 0.3) is 0 Å². The number of hydrogen-bond acceptors (Lipinski definition) is 4. The van der Waals surface area contributed by atoms with E-state index in [-0.39, 0.29) is 11.9 Å². The van der Waals surface area contributed by atoms with Crippen molar-refractivity contribution in [3.8, 4) is 0 Å². The SMILES string of the molecule is COCCNCc1ccc(SC(C)CO)cc1Br. The van der Waals surface area contributed by atoms with Gasteiger partial charge >= 0.3 is 0 Å². The van der Waals surface area contributed by atoms with E-state index in [1.54, 1.807) is 18.9 Å². The maximum atomic E-state index is 9.03. The number of ether oxygens (including phenoxy) is 1. The van der Waals surface area contributed by atoms with E-state index in [0.29, 0.717) is 0 Å². The average Bonchev–Trinajstić information content (AvgIpc) is 2.36. The second-order valence-corrected chi connectivity index (χ2v) is 6.40. The second-order valence-electron chi connectivity index (χ2n) is 4.03. The Kier molecular flexibility index (Phi) is 7.93. The van der Waals surface area contributed by atoms with Crippen molar-refractivity contribution in [2.45, 2.75) is 23.6 Å². The number of nitrogens with one attached hydrogen (secondary N) is 1. The molecule has 0 bridgehead atoms. The van der Waals surface area contributed by atoms with Crippen LogP contribution in [-0.2, 0) is 11.3 Å². The minimum absolute atomic E-state index is 0.197. The van der Waals surface area contributed by atoms with E-state index < -0.39 is 0 Å². The summed E-state index contributed by atoms with van der Waals surface area (Å²) in [6, 6.07) is 6.30. The molecule has 1 atom stereocenters. The van der Waals surface area contributed by atoms with Crippen LogP contribution < -0.4 is 5.32 Å². The fourth-order valence-corrected chi connectivity index (χ4v) is 2.95. The molecule has 1 unspecified atom stereocenters. The molecular formula is C13H20BrNO2S. The number of benzene rings is 1. The fraction of sp³-hybridized carbons (Fsp3) is 0.538. The van der Waals surface area contributed by atoms with Crippen LogP contribution in [-0.4, -0.2) is 37.2 Å². The van der Waals surface area contributed by atoms with Crippen LogP contribution in [0.25, 0.3) is 0 Å². The van der Waals surface area contributed by atoms with Gasteiger partial charge in [-0.1, -0.05) is 28.9 Å². The fourth-order valence-electron chi connectivity index (χ4n) is 1.41. The molecule has 5 heteroatoms. The number of aliphatic hydroxyl groups is 1. The van der Waals surface area contributed by atoms with Gasteiger partial charge in [0.05, 0.1) is 13.2 Å². The maximum absolute atomic E-state index is 9.03. The van der Waals surface area contributed by atoms with E-state index in [4.69, 9.17) is 9.84 Å². The van der Waals surface area contributed by atoms with Gasteiger partial charge in [0.15, 0.2) is 0 Å². The van der Waals surface area contributed by atoms with Gasteiger partial charge in [-0.3, -0.25) is 0 Å². The van der Waals surface area contributed by atoms with E-state index in [0.717, 1.165) is 24.2 Å². The lowest BCUT2D eigenvalue weighted by Crippen LogP contribution is -2.18. The van der Waals surface area contributed by atoms with Crippen LogP contribution in [0.15, 0.2) is 27.6 Å². The summed E-state index contributed by atoms with van der Waals surface area (Å²) in [5, 5.41) is 12.6. The second kappa shape index (κ2) is 8.93. The van der Waals surface area contributed by atoms with Crippen molar-refractivity contribution in [3.63, 3.8) is 0 Å². The minimum Gasteiger partial charge on any atom is -0.395 e. The van der Waals surface area contributed by atoms with Gasteiger partial charge in [-0.2, -0.15) is 0 Å². The normalized spacial score (nSPS) is 12.7. The number of halogens is 1. The minimum atomic E-state index is 0.197. The van der Waals surface area contributed by atoms with Gasteiger partial charge in [0.1, 0.15) is 0 Å². The van der Waals surface area contributed by atoms with Gasteiger partial charge in [0.2, 0.25) is 0 Å². The zero-order valence-corrected chi connectivity index (χ0v) is 13.2. The summed E-state index contributed by atoms with van der Waals surface area (Å²) in [4.78, 5) is 1.17. The van der Waals surface area contributed by atoms with Crippen LogP contribution in [0.3, 0.4) is 0 Å². The summed E-state index contributed by atoms with van der Waals surface area (Å²) < 4.78 is 6.08. The van der Waals surface area contributed by atoms with Crippen LogP contribution in [0.5, 0.6) is 0 Å². The molecule has 0 fully saturated rings. The third-order valence-corrected chi connectivity index (χ3v) is 4.23. The summed E-state index contributed by atoms with van der Waals surface area (Å²) in [6.45, 7) is 4.60. The third-order valence-electron chi connectivity index (χ3n) is 2.42. The maximum Gasteiger partial charge on any atom is 0.0587 e. The Morgan fingerprint density at radius 2 is 2.28 bits per heavy atom. The first-order valence-electron chi connectivity index (χ1n) is 5.93. The van der Waals surface area contributed by atoms with Crippen LogP contribution in [0.2, 0.25) is 0 Å². The van der Waals surface area contributed by atoms with Gasteiger partial charge < -0.3 is 15.2 Å². The van der Waals surface area contributed by atoms with Crippen LogP contribution in [0, 0.1) is 0 Å². The van der Waals surface area contributed by atoms with Crippen LogP contribution in [0.4, 0.5) is 0 Å². The topological polar surface area (TPSA) is 41.5 Å². The number of aliphatic hydroxyl groups excluding tert-OH is 1. The van der Waals surface area contributed by atoms with Crippen molar-refractivity contribution in [1.29, 1.82) is 0 Å². The number of thioether (sulfide) groups is 1. The highest BCUT2D eigenvalue weighted by Gasteiger charge is 2.05. The van der Waals surface area contributed by atoms with Gasteiger partial charge in [0, 0.05) is 34.8 Å². The zero-order valence-electron chi connectivity index (χ0n) is 10.8. The molecule has 0 saturated carbocycles. The molecule has 0 radical (unpaired) electrons. The molecule has 0 aliphatic carbocycles. The summed E-state index contributed by atoms with van der Waals surface area (Å²) >= 11 is 5.26. The molecule has 0 aliphatic heterocycles. The highest BCUT2D eigenvalue weighted by atomic mass is 79.9. The van der Waals surface area contributed by atoms with Gasteiger partial charge in [-0.05, 0) is 17.7 Å². The lowest BCUT2D eigenvalue weighted by atomic mass is 10.2. The average molecular weight is 334 g/mol. The van der Waals surface area contributed by atoms with E-state index in [1.807, 2.05) is 6.92 Å². The largest absolute Gasteiger partial charge is 0.395 e. The van der Waals surface area contributed by atoms with E-state index in [9.17, 15) is 0 Å². The molecule has 0 heterocycles. The number of rotatable bonds is 8. The lowest BCUT2D eigenvalue weighted by Gasteiger charge is -2.11. The quantitative estimate of drug-likeness (QED) is 0.567. The standard InChI is InChI=1S/C13H20BrNO2S/c1-10(9-16)18-12-4-3-11(13(14)7-12)8-15-5-6-17-2/h3-4,7,10,15-16H,5-6,8-9H2,1-2H3. The molecule has 0 saturated heterocycles. The summed E-state index contributed by atoms with van der Waals surface area (Å²) in [6.07, 6.45) is 0. The van der Waals surface area contributed by atoms with Crippen molar-refractivity contribution in [2.75, 3.05) is 26.9 Å². The van der Waals surface area contributed by atoms with Gasteiger partial charge in [-0.15, -0.1) is 11.8 Å². The predicted octanol–water partition coefficient (Wildman–Crippen LogP) is 2.66. The first-order chi connectivity index (χ1) is 8.67. The van der Waals surface area contributed by atoms with Crippen molar-refractivity contribution >= 4 is 27.7 Å². The van der Waals surface area contributed by atoms with Crippen molar-refractivity contribution < 1.29 is 9.84 Å². The molecule has 18 heavy (non-hydrogen) atoms. The highest BCUT2D eigenvalue weighted by Crippen LogP contribution is 2.28. The van der Waals surface area contributed by atoms with Crippen molar-refractivity contribution in [2.24, 2.45) is 0 Å². The number of methoxy groups -OCH3 is 1. The Labute approximate surface area is 121 Å². The Bertz CT molecular complexity index is 363.